The number of nitrogens with zero attached hydrogens (tertiary/aromatic N) is 1. The number of hydrogen-bond donors (Lipinski definition) is 2. The van der Waals surface area contributed by atoms with Gasteiger partial charge >= 0.3 is 5.97 Å². The molecule has 7 heteroatoms. The molecule has 0 radical (unpaired) electrons. The van der Waals surface area contributed by atoms with Gasteiger partial charge in [-0.05, 0) is 6.07 Å². The van der Waals surface area contributed by atoms with Crippen molar-refractivity contribution in [1.82, 2.24) is 0 Å². The smallest absolute Gasteiger partial charge is 0.320 e. The molecule has 0 spiro atoms. The Balaban J connectivity index is 3.11. The molecule has 0 aliphatic heterocycles. The highest BCUT2D eigenvalue weighted by molar-refractivity contribution is 6.31. The summed E-state index contributed by atoms with van der Waals surface area (Å²) in [6, 6.07) is 2.93. The normalized spacial score (nSPS) is 12.1. The maximum absolute atomic E-state index is 10.7. The molecule has 0 aromatic heterocycles. The monoisotopic (exact) mass is 244 g/mol. The third-order valence-electron chi connectivity index (χ3n) is 2.03. The molecule has 0 heterocycles. The lowest BCUT2D eigenvalue weighted by molar-refractivity contribution is -0.385. The standard InChI is InChI=1S/C9H9ClN2O4/c10-6-2-1-3-8(12(15)16)5(6)4-7(11)9(13)14/h1-3,7H,4,11H2,(H,13,14)/t7-/m0/s1. The van der Waals surface area contributed by atoms with Crippen molar-refractivity contribution in [1.29, 1.82) is 0 Å². The molecule has 0 unspecified atom stereocenters. The van der Waals surface area contributed by atoms with Gasteiger partial charge in [0, 0.05) is 12.5 Å². The second kappa shape index (κ2) is 4.91. The van der Waals surface area contributed by atoms with Gasteiger partial charge in [0.25, 0.3) is 5.69 Å². The molecule has 0 aliphatic rings. The Morgan fingerprint density at radius 2 is 2.25 bits per heavy atom. The van der Waals surface area contributed by atoms with Gasteiger partial charge < -0.3 is 10.8 Å². The first kappa shape index (κ1) is 12.4. The summed E-state index contributed by atoms with van der Waals surface area (Å²) in [5, 5.41) is 19.5. The van der Waals surface area contributed by atoms with Crippen molar-refractivity contribution >= 4 is 23.3 Å². The number of hydrogen-bond acceptors (Lipinski definition) is 4. The molecule has 1 atom stereocenters. The minimum atomic E-state index is -1.23. The number of rotatable bonds is 4. The van der Waals surface area contributed by atoms with Crippen LogP contribution >= 0.6 is 11.6 Å². The fraction of sp³-hybridized carbons (Fsp3) is 0.222. The molecule has 0 saturated carbocycles. The van der Waals surface area contributed by atoms with Gasteiger partial charge in [-0.2, -0.15) is 0 Å². The number of nitro groups is 1. The van der Waals surface area contributed by atoms with Crippen molar-refractivity contribution in [2.24, 2.45) is 5.73 Å². The van der Waals surface area contributed by atoms with Crippen LogP contribution < -0.4 is 5.73 Å². The Bertz CT molecular complexity index is 436. The maximum Gasteiger partial charge on any atom is 0.320 e. The van der Waals surface area contributed by atoms with Crippen molar-refractivity contribution in [2.75, 3.05) is 0 Å². The molecular weight excluding hydrogens is 236 g/mol. The first-order valence-corrected chi connectivity index (χ1v) is 4.71. The number of nitro benzene ring substituents is 1. The van der Waals surface area contributed by atoms with Crippen LogP contribution in [0.5, 0.6) is 0 Å². The van der Waals surface area contributed by atoms with Crippen LogP contribution in [0.1, 0.15) is 5.56 Å². The molecule has 1 aromatic rings. The van der Waals surface area contributed by atoms with Gasteiger partial charge in [-0.1, -0.05) is 17.7 Å². The molecule has 0 aliphatic carbocycles. The molecule has 1 rings (SSSR count). The Hall–Kier alpha value is -1.66. The van der Waals surface area contributed by atoms with Gasteiger partial charge in [0.05, 0.1) is 15.5 Å². The molecule has 1 aromatic carbocycles. The lowest BCUT2D eigenvalue weighted by Gasteiger charge is -2.08. The zero-order valence-corrected chi connectivity index (χ0v) is 8.85. The van der Waals surface area contributed by atoms with Crippen LogP contribution in [-0.4, -0.2) is 22.0 Å². The van der Waals surface area contributed by atoms with Crippen molar-refractivity contribution in [2.45, 2.75) is 12.5 Å². The molecular formula is C9H9ClN2O4. The highest BCUT2D eigenvalue weighted by atomic mass is 35.5. The first-order valence-electron chi connectivity index (χ1n) is 4.33. The van der Waals surface area contributed by atoms with E-state index in [1.165, 1.54) is 18.2 Å². The van der Waals surface area contributed by atoms with E-state index in [1.54, 1.807) is 0 Å². The lowest BCUT2D eigenvalue weighted by atomic mass is 10.0. The zero-order chi connectivity index (χ0) is 12.3. The Labute approximate surface area is 95.8 Å². The largest absolute Gasteiger partial charge is 0.480 e. The topological polar surface area (TPSA) is 106 Å². The molecule has 0 bridgehead atoms. The molecule has 0 fully saturated rings. The Morgan fingerprint density at radius 3 is 2.75 bits per heavy atom. The van der Waals surface area contributed by atoms with E-state index < -0.39 is 16.9 Å². The number of aliphatic carboxylic acids is 1. The van der Waals surface area contributed by atoms with E-state index in [2.05, 4.69) is 0 Å². The summed E-state index contributed by atoms with van der Waals surface area (Å²) in [5.41, 5.74) is 5.23. The van der Waals surface area contributed by atoms with Crippen molar-refractivity contribution < 1.29 is 14.8 Å². The van der Waals surface area contributed by atoms with Crippen LogP contribution in [0.15, 0.2) is 18.2 Å². The third kappa shape index (κ3) is 2.68. The number of benzene rings is 1. The van der Waals surface area contributed by atoms with Gasteiger partial charge in [-0.25, -0.2) is 0 Å². The van der Waals surface area contributed by atoms with Crippen LogP contribution in [-0.2, 0) is 11.2 Å². The molecule has 6 nitrogen and oxygen atoms in total. The number of carbonyl (C=O) groups is 1. The minimum absolute atomic E-state index is 0.143. The summed E-state index contributed by atoms with van der Waals surface area (Å²) >= 11 is 5.77. The summed E-state index contributed by atoms with van der Waals surface area (Å²) in [4.78, 5) is 20.6. The van der Waals surface area contributed by atoms with E-state index in [0.29, 0.717) is 0 Å². The van der Waals surface area contributed by atoms with E-state index in [-0.39, 0.29) is 22.7 Å². The van der Waals surface area contributed by atoms with Crippen LogP contribution in [0.25, 0.3) is 0 Å². The molecule has 0 amide bonds. The highest BCUT2D eigenvalue weighted by Gasteiger charge is 2.21. The SMILES string of the molecule is N[C@@H](Cc1c(Cl)cccc1[N+](=O)[O-])C(=O)O. The summed E-state index contributed by atoms with van der Waals surface area (Å²) < 4.78 is 0. The van der Waals surface area contributed by atoms with Crippen molar-refractivity contribution in [3.63, 3.8) is 0 Å². The zero-order valence-electron chi connectivity index (χ0n) is 8.09. The average molecular weight is 245 g/mol. The molecule has 3 N–H and O–H groups in total. The summed E-state index contributed by atoms with van der Waals surface area (Å²) in [6.45, 7) is 0. The van der Waals surface area contributed by atoms with Gasteiger partial charge in [-0.3, -0.25) is 14.9 Å². The highest BCUT2D eigenvalue weighted by Crippen LogP contribution is 2.27. The lowest BCUT2D eigenvalue weighted by Crippen LogP contribution is -2.32. The third-order valence-corrected chi connectivity index (χ3v) is 2.39. The number of carboxylic acid groups (broad SMARTS) is 1. The van der Waals surface area contributed by atoms with E-state index in [1.807, 2.05) is 0 Å². The second-order valence-electron chi connectivity index (χ2n) is 3.14. The summed E-state index contributed by atoms with van der Waals surface area (Å²) in [5.74, 6) is -1.23. The average Bonchev–Trinajstić information content (AvgIpc) is 2.20. The van der Waals surface area contributed by atoms with Crippen molar-refractivity contribution in [3.8, 4) is 0 Å². The van der Waals surface area contributed by atoms with Crippen LogP contribution in [0.2, 0.25) is 5.02 Å². The Morgan fingerprint density at radius 1 is 1.62 bits per heavy atom. The van der Waals surface area contributed by atoms with Crippen LogP contribution in [0.3, 0.4) is 0 Å². The van der Waals surface area contributed by atoms with E-state index >= 15 is 0 Å². The summed E-state index contributed by atoms with van der Waals surface area (Å²) in [6.07, 6.45) is -0.175. The molecule has 86 valence electrons. The molecule has 0 saturated heterocycles. The fourth-order valence-corrected chi connectivity index (χ4v) is 1.47. The predicted molar refractivity (Wildman–Crippen MR) is 57.4 cm³/mol. The minimum Gasteiger partial charge on any atom is -0.480 e. The van der Waals surface area contributed by atoms with E-state index in [9.17, 15) is 14.9 Å². The quantitative estimate of drug-likeness (QED) is 0.611. The summed E-state index contributed by atoms with van der Waals surface area (Å²) in [7, 11) is 0. The number of halogens is 1. The second-order valence-corrected chi connectivity index (χ2v) is 3.55. The number of nitrogens with two attached hydrogens (primary N) is 1. The van der Waals surface area contributed by atoms with Crippen LogP contribution in [0.4, 0.5) is 5.69 Å². The van der Waals surface area contributed by atoms with E-state index in [0.717, 1.165) is 0 Å². The van der Waals surface area contributed by atoms with Gasteiger partial charge in [0.2, 0.25) is 0 Å². The Kier molecular flexibility index (Phi) is 3.81. The predicted octanol–water partition coefficient (Wildman–Crippen LogP) is 1.20. The van der Waals surface area contributed by atoms with Gasteiger partial charge in [0.1, 0.15) is 6.04 Å². The van der Waals surface area contributed by atoms with Crippen LogP contribution in [0, 0.1) is 10.1 Å². The van der Waals surface area contributed by atoms with E-state index in [4.69, 9.17) is 22.4 Å². The van der Waals surface area contributed by atoms with Crippen molar-refractivity contribution in [3.05, 3.63) is 38.9 Å². The molecule has 16 heavy (non-hydrogen) atoms. The number of carboxylic acids is 1. The fourth-order valence-electron chi connectivity index (χ4n) is 1.23. The van der Waals surface area contributed by atoms with Gasteiger partial charge in [0.15, 0.2) is 0 Å². The first-order chi connectivity index (χ1) is 7.43. The maximum atomic E-state index is 10.7. The van der Waals surface area contributed by atoms with Gasteiger partial charge in [-0.15, -0.1) is 0 Å².